The first kappa shape index (κ1) is 20.8. The third kappa shape index (κ3) is 4.93. The van der Waals surface area contributed by atoms with Crippen LogP contribution in [0.4, 0.5) is 0 Å². The molecule has 6 heteroatoms. The molecule has 3 aromatic rings. The number of hydrogen-bond acceptors (Lipinski definition) is 3. The Morgan fingerprint density at radius 3 is 2.34 bits per heavy atom. The van der Waals surface area contributed by atoms with Gasteiger partial charge >= 0.3 is 0 Å². The smallest absolute Gasteiger partial charge is 0.217 e. The number of rotatable bonds is 6. The predicted molar refractivity (Wildman–Crippen MR) is 116 cm³/mol. The van der Waals surface area contributed by atoms with Crippen LogP contribution in [-0.4, -0.2) is 23.7 Å². The lowest BCUT2D eigenvalue weighted by atomic mass is 9.97. The molecule has 0 spiro atoms. The molecule has 0 radical (unpaired) electrons. The van der Waals surface area contributed by atoms with E-state index in [0.29, 0.717) is 10.0 Å². The average Bonchev–Trinajstić information content (AvgIpc) is 2.67. The van der Waals surface area contributed by atoms with Crippen molar-refractivity contribution in [3.8, 4) is 11.1 Å². The van der Waals surface area contributed by atoms with Crippen LogP contribution in [0, 0.1) is 0 Å². The molecule has 3 aromatic carbocycles. The zero-order valence-electron chi connectivity index (χ0n) is 15.5. The van der Waals surface area contributed by atoms with Gasteiger partial charge in [-0.3, -0.25) is 9.59 Å². The van der Waals surface area contributed by atoms with Gasteiger partial charge in [0.1, 0.15) is 5.94 Å². The summed E-state index contributed by atoms with van der Waals surface area (Å²) in [4.78, 5) is 33.9. The fourth-order valence-corrected chi connectivity index (χ4v) is 3.83. The largest absolute Gasteiger partial charge is 0.346 e. The van der Waals surface area contributed by atoms with Gasteiger partial charge in [0.15, 0.2) is 5.78 Å². The molecule has 1 amide bonds. The molecular weight excluding hydrogens is 409 g/mol. The van der Waals surface area contributed by atoms with E-state index in [9.17, 15) is 14.4 Å². The first-order valence-electron chi connectivity index (χ1n) is 8.88. The van der Waals surface area contributed by atoms with Crippen LogP contribution >= 0.6 is 23.2 Å². The molecule has 29 heavy (non-hydrogen) atoms. The highest BCUT2D eigenvalue weighted by molar-refractivity contribution is 6.39. The van der Waals surface area contributed by atoms with Crippen molar-refractivity contribution < 1.29 is 14.4 Å². The molecule has 0 saturated heterocycles. The Morgan fingerprint density at radius 2 is 1.69 bits per heavy atom. The summed E-state index contributed by atoms with van der Waals surface area (Å²) in [6.45, 7) is 1.33. The van der Waals surface area contributed by atoms with Gasteiger partial charge < -0.3 is 5.32 Å². The number of hydrogen-bond donors (Lipinski definition) is 1. The van der Waals surface area contributed by atoms with E-state index in [-0.39, 0.29) is 12.3 Å². The number of benzene rings is 3. The van der Waals surface area contributed by atoms with Gasteiger partial charge in [-0.15, -0.1) is 0 Å². The molecule has 0 aliphatic heterocycles. The summed E-state index contributed by atoms with van der Waals surface area (Å²) >= 11 is 12.6. The highest BCUT2D eigenvalue weighted by Gasteiger charge is 2.18. The van der Waals surface area contributed by atoms with Gasteiger partial charge in [0.25, 0.3) is 0 Å². The Labute approximate surface area is 178 Å². The molecule has 0 aromatic heterocycles. The van der Waals surface area contributed by atoms with Crippen molar-refractivity contribution in [3.05, 3.63) is 76.3 Å². The summed E-state index contributed by atoms with van der Waals surface area (Å²) in [5.41, 5.74) is 2.54. The van der Waals surface area contributed by atoms with Crippen LogP contribution in [0.25, 0.3) is 21.9 Å². The van der Waals surface area contributed by atoms with Crippen LogP contribution in [-0.2, 0) is 20.8 Å². The summed E-state index contributed by atoms with van der Waals surface area (Å²) < 4.78 is 0. The molecule has 146 valence electrons. The van der Waals surface area contributed by atoms with Gasteiger partial charge in [-0.1, -0.05) is 59.6 Å². The minimum absolute atomic E-state index is 0.268. The normalized spacial score (nSPS) is 11.6. The Bertz CT molecular complexity index is 1130. The molecule has 0 aliphatic rings. The maximum atomic E-state index is 12.1. The van der Waals surface area contributed by atoms with Crippen molar-refractivity contribution in [1.29, 1.82) is 0 Å². The third-order valence-electron chi connectivity index (χ3n) is 4.52. The van der Waals surface area contributed by atoms with Crippen LogP contribution in [0.2, 0.25) is 10.0 Å². The van der Waals surface area contributed by atoms with Crippen LogP contribution < -0.4 is 5.32 Å². The average molecular weight is 426 g/mol. The van der Waals surface area contributed by atoms with Crippen LogP contribution in [0.1, 0.15) is 12.5 Å². The van der Waals surface area contributed by atoms with E-state index in [0.717, 1.165) is 33.5 Å². The molecule has 0 aliphatic carbocycles. The van der Waals surface area contributed by atoms with Gasteiger partial charge in [-0.05, 0) is 40.1 Å². The predicted octanol–water partition coefficient (Wildman–Crippen LogP) is 4.82. The highest BCUT2D eigenvalue weighted by atomic mass is 35.5. The van der Waals surface area contributed by atoms with Gasteiger partial charge in [0.2, 0.25) is 5.91 Å². The fraction of sp³-hybridized carbons (Fsp3) is 0.130. The molecular formula is C23H17Cl2NO3. The van der Waals surface area contributed by atoms with Crippen molar-refractivity contribution in [1.82, 2.24) is 5.32 Å². The van der Waals surface area contributed by atoms with Crippen LogP contribution in [0.5, 0.6) is 0 Å². The fourth-order valence-electron chi connectivity index (χ4n) is 3.21. The van der Waals surface area contributed by atoms with E-state index < -0.39 is 11.8 Å². The molecule has 4 nitrogen and oxygen atoms in total. The van der Waals surface area contributed by atoms with E-state index in [2.05, 4.69) is 5.32 Å². The maximum absolute atomic E-state index is 12.1. The number of halogens is 2. The second kappa shape index (κ2) is 9.06. The van der Waals surface area contributed by atoms with Crippen molar-refractivity contribution in [3.63, 3.8) is 0 Å². The summed E-state index contributed by atoms with van der Waals surface area (Å²) in [7, 11) is 0. The third-order valence-corrected chi connectivity index (χ3v) is 5.15. The van der Waals surface area contributed by atoms with E-state index in [1.807, 2.05) is 36.4 Å². The van der Waals surface area contributed by atoms with Gasteiger partial charge in [-0.25, -0.2) is 4.79 Å². The molecule has 0 saturated carbocycles. The summed E-state index contributed by atoms with van der Waals surface area (Å²) in [6, 6.07) is 16.2. The van der Waals surface area contributed by atoms with E-state index in [1.54, 1.807) is 18.2 Å². The molecule has 0 fully saturated rings. The molecule has 0 heterocycles. The number of ketones is 1. The van der Waals surface area contributed by atoms with E-state index >= 15 is 0 Å². The quantitative estimate of drug-likeness (QED) is 0.454. The SMILES string of the molecule is CC(=O)NC(Cc1ccc2cc(-c3c(Cl)cccc3Cl)ccc2c1)C(=O)C=C=O. The Balaban J connectivity index is 1.93. The molecule has 3 rings (SSSR count). The number of nitrogens with one attached hydrogen (secondary N) is 1. The number of carbonyl (C=O) groups is 2. The lowest BCUT2D eigenvalue weighted by molar-refractivity contribution is -0.124. The zero-order chi connectivity index (χ0) is 21.0. The van der Waals surface area contributed by atoms with Crippen molar-refractivity contribution in [2.75, 3.05) is 0 Å². The molecule has 1 atom stereocenters. The lowest BCUT2D eigenvalue weighted by Gasteiger charge is -2.15. The maximum Gasteiger partial charge on any atom is 0.217 e. The Hall–Kier alpha value is -2.91. The van der Waals surface area contributed by atoms with Gasteiger partial charge in [0, 0.05) is 29.0 Å². The van der Waals surface area contributed by atoms with Gasteiger partial charge in [0.05, 0.1) is 12.1 Å². The topological polar surface area (TPSA) is 63.2 Å². The first-order chi connectivity index (χ1) is 13.9. The second-order valence-electron chi connectivity index (χ2n) is 6.61. The van der Waals surface area contributed by atoms with Crippen molar-refractivity contribution in [2.45, 2.75) is 19.4 Å². The Morgan fingerprint density at radius 1 is 1.03 bits per heavy atom. The minimum atomic E-state index is -0.812. The van der Waals surface area contributed by atoms with Crippen LogP contribution in [0.3, 0.4) is 0 Å². The highest BCUT2D eigenvalue weighted by Crippen LogP contribution is 2.36. The van der Waals surface area contributed by atoms with Gasteiger partial charge in [-0.2, -0.15) is 0 Å². The summed E-state index contributed by atoms with van der Waals surface area (Å²) in [6.07, 6.45) is 1.08. The van der Waals surface area contributed by atoms with E-state index in [4.69, 9.17) is 23.2 Å². The summed E-state index contributed by atoms with van der Waals surface area (Å²) in [5, 5.41) is 5.68. The molecule has 1 unspecified atom stereocenters. The lowest BCUT2D eigenvalue weighted by Crippen LogP contribution is -2.40. The van der Waals surface area contributed by atoms with Crippen LogP contribution in [0.15, 0.2) is 60.7 Å². The second-order valence-corrected chi connectivity index (χ2v) is 7.43. The molecule has 0 bridgehead atoms. The molecule has 1 N–H and O–H groups in total. The van der Waals surface area contributed by atoms with E-state index in [1.165, 1.54) is 12.9 Å². The van der Waals surface area contributed by atoms with Crippen molar-refractivity contribution >= 4 is 51.6 Å². The van der Waals surface area contributed by atoms with Crippen molar-refractivity contribution in [2.24, 2.45) is 0 Å². The first-order valence-corrected chi connectivity index (χ1v) is 9.63. The monoisotopic (exact) mass is 425 g/mol. The zero-order valence-corrected chi connectivity index (χ0v) is 17.1. The standard InChI is InChI=1S/C23H17Cl2NO3/c1-14(28)26-21(22(29)9-10-27)12-15-5-6-17-13-18(8-7-16(17)11-15)23-19(24)3-2-4-20(23)25/h2-9,11,13,21H,12H2,1H3,(H,26,28). The Kier molecular flexibility index (Phi) is 6.50. The number of amides is 1. The number of fused-ring (bicyclic) bond motifs is 1. The number of carbonyl (C=O) groups excluding carboxylic acids is 3. The minimum Gasteiger partial charge on any atom is -0.346 e. The summed E-state index contributed by atoms with van der Waals surface area (Å²) in [5.74, 6) is 0.640.